The lowest BCUT2D eigenvalue weighted by atomic mass is 10.2. The van der Waals surface area contributed by atoms with Gasteiger partial charge in [0.05, 0.1) is 23.3 Å². The van der Waals surface area contributed by atoms with Crippen molar-refractivity contribution in [1.29, 1.82) is 0 Å². The van der Waals surface area contributed by atoms with Gasteiger partial charge in [0.2, 0.25) is 0 Å². The van der Waals surface area contributed by atoms with Gasteiger partial charge in [0, 0.05) is 24.0 Å². The molecule has 1 N–H and O–H groups in total. The first-order chi connectivity index (χ1) is 10.2. The molecule has 0 spiro atoms. The minimum Gasteiger partial charge on any atom is -0.379 e. The van der Waals surface area contributed by atoms with Gasteiger partial charge in [-0.15, -0.1) is 0 Å². The Hall–Kier alpha value is -2.62. The van der Waals surface area contributed by atoms with Crippen molar-refractivity contribution < 1.29 is 0 Å². The predicted octanol–water partition coefficient (Wildman–Crippen LogP) is 3.50. The van der Waals surface area contributed by atoms with E-state index in [1.54, 1.807) is 0 Å². The molecule has 2 heterocycles. The summed E-state index contributed by atoms with van der Waals surface area (Å²) in [5, 5.41) is 7.80. The maximum atomic E-state index is 4.46. The molecule has 0 amide bonds. The molecule has 21 heavy (non-hydrogen) atoms. The lowest BCUT2D eigenvalue weighted by Gasteiger charge is -2.08. The standard InChI is InChI=1S/C17H18N4/c1-13-8-9-17(14(2)20-13)18-10-15-11-19-21(12-15)16-6-4-3-5-7-16/h3-9,11-12,18H,10H2,1-2H3. The van der Waals surface area contributed by atoms with Gasteiger partial charge in [-0.2, -0.15) is 5.10 Å². The highest BCUT2D eigenvalue weighted by atomic mass is 15.3. The van der Waals surface area contributed by atoms with E-state index in [4.69, 9.17) is 0 Å². The zero-order valence-electron chi connectivity index (χ0n) is 12.2. The van der Waals surface area contributed by atoms with Crippen LogP contribution in [0.15, 0.2) is 54.9 Å². The number of rotatable bonds is 4. The number of pyridine rings is 1. The second-order valence-electron chi connectivity index (χ2n) is 5.07. The summed E-state index contributed by atoms with van der Waals surface area (Å²) in [7, 11) is 0. The van der Waals surface area contributed by atoms with Crippen molar-refractivity contribution in [2.24, 2.45) is 0 Å². The van der Waals surface area contributed by atoms with Crippen molar-refractivity contribution >= 4 is 5.69 Å². The van der Waals surface area contributed by atoms with Crippen LogP contribution >= 0.6 is 0 Å². The molecule has 4 nitrogen and oxygen atoms in total. The van der Waals surface area contributed by atoms with Crippen LogP contribution in [-0.4, -0.2) is 14.8 Å². The molecule has 0 fully saturated rings. The average Bonchev–Trinajstić information content (AvgIpc) is 2.96. The molecule has 0 aliphatic carbocycles. The third-order valence-electron chi connectivity index (χ3n) is 3.36. The van der Waals surface area contributed by atoms with Crippen LogP contribution < -0.4 is 5.32 Å². The molecular weight excluding hydrogens is 260 g/mol. The number of nitrogens with zero attached hydrogens (tertiary/aromatic N) is 3. The van der Waals surface area contributed by atoms with Gasteiger partial charge >= 0.3 is 0 Å². The Morgan fingerprint density at radius 2 is 1.86 bits per heavy atom. The highest BCUT2D eigenvalue weighted by Gasteiger charge is 2.03. The fourth-order valence-electron chi connectivity index (χ4n) is 2.24. The lowest BCUT2D eigenvalue weighted by molar-refractivity contribution is 0.880. The molecule has 3 rings (SSSR count). The van der Waals surface area contributed by atoms with E-state index >= 15 is 0 Å². The third kappa shape index (κ3) is 3.11. The topological polar surface area (TPSA) is 42.7 Å². The van der Waals surface area contributed by atoms with Crippen molar-refractivity contribution in [1.82, 2.24) is 14.8 Å². The summed E-state index contributed by atoms with van der Waals surface area (Å²) in [4.78, 5) is 4.46. The summed E-state index contributed by atoms with van der Waals surface area (Å²) < 4.78 is 1.89. The van der Waals surface area contributed by atoms with Crippen LogP contribution in [0.1, 0.15) is 17.0 Å². The maximum Gasteiger partial charge on any atom is 0.0645 e. The molecule has 1 aromatic carbocycles. The van der Waals surface area contributed by atoms with Gasteiger partial charge in [0.25, 0.3) is 0 Å². The highest BCUT2D eigenvalue weighted by molar-refractivity contribution is 5.48. The monoisotopic (exact) mass is 278 g/mol. The molecule has 0 bridgehead atoms. The zero-order chi connectivity index (χ0) is 14.7. The van der Waals surface area contributed by atoms with Crippen molar-refractivity contribution in [2.75, 3.05) is 5.32 Å². The van der Waals surface area contributed by atoms with Gasteiger partial charge in [-0.1, -0.05) is 18.2 Å². The number of anilines is 1. The van der Waals surface area contributed by atoms with E-state index in [1.807, 2.05) is 67.3 Å². The normalized spacial score (nSPS) is 10.6. The second kappa shape index (κ2) is 5.79. The van der Waals surface area contributed by atoms with Gasteiger partial charge in [0.1, 0.15) is 0 Å². The van der Waals surface area contributed by atoms with Crippen molar-refractivity contribution in [3.8, 4) is 5.69 Å². The molecule has 0 atom stereocenters. The SMILES string of the molecule is Cc1ccc(NCc2cnn(-c3ccccc3)c2)c(C)n1. The lowest BCUT2D eigenvalue weighted by Crippen LogP contribution is -2.02. The van der Waals surface area contributed by atoms with Gasteiger partial charge < -0.3 is 5.32 Å². The maximum absolute atomic E-state index is 4.46. The Labute approximate surface area is 124 Å². The molecule has 3 aromatic rings. The van der Waals surface area contributed by atoms with Crippen LogP contribution in [0, 0.1) is 13.8 Å². The molecule has 0 radical (unpaired) electrons. The Bertz CT molecular complexity index is 732. The van der Waals surface area contributed by atoms with Crippen molar-refractivity contribution in [2.45, 2.75) is 20.4 Å². The summed E-state index contributed by atoms with van der Waals surface area (Å²) in [6, 6.07) is 14.2. The number of aryl methyl sites for hydroxylation is 2. The van der Waals surface area contributed by atoms with E-state index in [2.05, 4.69) is 21.5 Å². The first-order valence-corrected chi connectivity index (χ1v) is 6.99. The molecule has 106 valence electrons. The second-order valence-corrected chi connectivity index (χ2v) is 5.07. The van der Waals surface area contributed by atoms with E-state index in [9.17, 15) is 0 Å². The fraction of sp³-hybridized carbons (Fsp3) is 0.176. The number of para-hydroxylation sites is 1. The summed E-state index contributed by atoms with van der Waals surface area (Å²) in [5.74, 6) is 0. The number of nitrogens with one attached hydrogen (secondary N) is 1. The van der Waals surface area contributed by atoms with Gasteiger partial charge in [-0.05, 0) is 38.1 Å². The number of aromatic nitrogens is 3. The Kier molecular flexibility index (Phi) is 3.69. The van der Waals surface area contributed by atoms with Crippen LogP contribution in [-0.2, 0) is 6.54 Å². The molecule has 4 heteroatoms. The Morgan fingerprint density at radius 1 is 1.05 bits per heavy atom. The molecule has 2 aromatic heterocycles. The van der Waals surface area contributed by atoms with E-state index in [-0.39, 0.29) is 0 Å². The number of hydrogen-bond acceptors (Lipinski definition) is 3. The van der Waals surface area contributed by atoms with Crippen LogP contribution in [0.25, 0.3) is 5.69 Å². The summed E-state index contributed by atoms with van der Waals surface area (Å²) in [6.07, 6.45) is 3.93. The van der Waals surface area contributed by atoms with Crippen LogP contribution in [0.4, 0.5) is 5.69 Å². The van der Waals surface area contributed by atoms with Gasteiger partial charge in [0.15, 0.2) is 0 Å². The summed E-state index contributed by atoms with van der Waals surface area (Å²) >= 11 is 0. The number of hydrogen-bond donors (Lipinski definition) is 1. The van der Waals surface area contributed by atoms with Gasteiger partial charge in [-0.25, -0.2) is 4.68 Å². The first-order valence-electron chi connectivity index (χ1n) is 6.99. The first kappa shape index (κ1) is 13.4. The van der Waals surface area contributed by atoms with Crippen molar-refractivity contribution in [3.63, 3.8) is 0 Å². The van der Waals surface area contributed by atoms with E-state index in [1.165, 1.54) is 0 Å². The van der Waals surface area contributed by atoms with Gasteiger partial charge in [-0.3, -0.25) is 4.98 Å². The largest absolute Gasteiger partial charge is 0.379 e. The van der Waals surface area contributed by atoms with Crippen LogP contribution in [0.2, 0.25) is 0 Å². The Morgan fingerprint density at radius 3 is 2.62 bits per heavy atom. The zero-order valence-corrected chi connectivity index (χ0v) is 12.2. The minimum absolute atomic E-state index is 0.735. The predicted molar refractivity (Wildman–Crippen MR) is 84.6 cm³/mol. The Balaban J connectivity index is 1.70. The van der Waals surface area contributed by atoms with Crippen LogP contribution in [0.3, 0.4) is 0 Å². The van der Waals surface area contributed by atoms with Crippen LogP contribution in [0.5, 0.6) is 0 Å². The smallest absolute Gasteiger partial charge is 0.0645 e. The fourth-order valence-corrected chi connectivity index (χ4v) is 2.24. The molecule has 0 aliphatic heterocycles. The summed E-state index contributed by atoms with van der Waals surface area (Å²) in [6.45, 7) is 4.75. The van der Waals surface area contributed by atoms with E-state index < -0.39 is 0 Å². The molecule has 0 saturated heterocycles. The molecule has 0 aliphatic rings. The quantitative estimate of drug-likeness (QED) is 0.794. The van der Waals surface area contributed by atoms with Crippen molar-refractivity contribution in [3.05, 3.63) is 71.8 Å². The molecular formula is C17H18N4. The molecule has 0 saturated carbocycles. The van der Waals surface area contributed by atoms with E-state index in [0.29, 0.717) is 0 Å². The summed E-state index contributed by atoms with van der Waals surface area (Å²) in [5.41, 5.74) is 5.32. The molecule has 0 unspecified atom stereocenters. The highest BCUT2D eigenvalue weighted by Crippen LogP contribution is 2.14. The van der Waals surface area contributed by atoms with E-state index in [0.717, 1.165) is 34.9 Å². The average molecular weight is 278 g/mol. The number of benzene rings is 1. The third-order valence-corrected chi connectivity index (χ3v) is 3.36. The minimum atomic E-state index is 0.735.